The summed E-state index contributed by atoms with van der Waals surface area (Å²) in [6, 6.07) is 8.75. The van der Waals surface area contributed by atoms with Gasteiger partial charge in [-0.05, 0) is 44.0 Å². The van der Waals surface area contributed by atoms with E-state index in [0.29, 0.717) is 24.6 Å². The first-order chi connectivity index (χ1) is 14.5. The zero-order valence-corrected chi connectivity index (χ0v) is 18.6. The van der Waals surface area contributed by atoms with Crippen molar-refractivity contribution < 1.29 is 9.21 Å². The van der Waals surface area contributed by atoms with Gasteiger partial charge in [0.2, 0.25) is 17.7 Å². The minimum Gasteiger partial charge on any atom is -0.425 e. The normalized spacial score (nSPS) is 15.0. The van der Waals surface area contributed by atoms with Gasteiger partial charge >= 0.3 is 0 Å². The summed E-state index contributed by atoms with van der Waals surface area (Å²) in [5, 5.41) is 11.0. The van der Waals surface area contributed by atoms with Crippen LogP contribution >= 0.6 is 0 Å². The van der Waals surface area contributed by atoms with Gasteiger partial charge in [0.15, 0.2) is 0 Å². The quantitative estimate of drug-likeness (QED) is 0.603. The lowest BCUT2D eigenvalue weighted by atomic mass is 10.2. The number of aryl methyl sites for hydroxylation is 2. The predicted molar refractivity (Wildman–Crippen MR) is 119 cm³/mol. The molecular weight excluding hydrogens is 378 g/mol. The van der Waals surface area contributed by atoms with Crippen LogP contribution in [0.4, 0.5) is 5.69 Å². The van der Waals surface area contributed by atoms with Gasteiger partial charge < -0.3 is 14.6 Å². The highest BCUT2D eigenvalue weighted by Crippen LogP contribution is 2.18. The fourth-order valence-corrected chi connectivity index (χ4v) is 3.65. The van der Waals surface area contributed by atoms with Gasteiger partial charge in [-0.15, -0.1) is 10.2 Å². The molecule has 164 valence electrons. The van der Waals surface area contributed by atoms with Gasteiger partial charge in [-0.1, -0.05) is 26.0 Å². The first-order valence-electron chi connectivity index (χ1n) is 11.1. The largest absolute Gasteiger partial charge is 0.425 e. The van der Waals surface area contributed by atoms with Crippen LogP contribution in [-0.4, -0.2) is 60.3 Å². The zero-order valence-electron chi connectivity index (χ0n) is 18.6. The number of anilines is 1. The number of hydrogen-bond donors (Lipinski definition) is 1. The molecule has 1 N–H and O–H groups in total. The molecule has 0 unspecified atom stereocenters. The zero-order chi connectivity index (χ0) is 21.3. The molecule has 2 heterocycles. The summed E-state index contributed by atoms with van der Waals surface area (Å²) in [7, 11) is 0. The van der Waals surface area contributed by atoms with Crippen molar-refractivity contribution in [3.8, 4) is 0 Å². The maximum absolute atomic E-state index is 12.0. The SMILES string of the molecule is Cc1cccc(N2CCN(CCCCNC(=O)CCc3nnc(C(C)C)o3)CC2)c1. The third-order valence-corrected chi connectivity index (χ3v) is 5.50. The van der Waals surface area contributed by atoms with Crippen LogP contribution in [0.2, 0.25) is 0 Å². The van der Waals surface area contributed by atoms with E-state index in [1.165, 1.54) is 11.3 Å². The lowest BCUT2D eigenvalue weighted by Crippen LogP contribution is -2.46. The van der Waals surface area contributed by atoms with Crippen LogP contribution in [0.1, 0.15) is 56.4 Å². The van der Waals surface area contributed by atoms with Gasteiger partial charge in [0, 0.05) is 57.2 Å². The van der Waals surface area contributed by atoms with Gasteiger partial charge in [-0.25, -0.2) is 0 Å². The topological polar surface area (TPSA) is 74.5 Å². The molecule has 0 spiro atoms. The maximum Gasteiger partial charge on any atom is 0.220 e. The van der Waals surface area contributed by atoms with Gasteiger partial charge in [0.1, 0.15) is 0 Å². The highest BCUT2D eigenvalue weighted by molar-refractivity contribution is 5.75. The van der Waals surface area contributed by atoms with Crippen molar-refractivity contribution in [1.29, 1.82) is 0 Å². The van der Waals surface area contributed by atoms with Crippen molar-refractivity contribution >= 4 is 11.6 Å². The Labute approximate surface area is 179 Å². The number of amides is 1. The fraction of sp³-hybridized carbons (Fsp3) is 0.609. The molecule has 30 heavy (non-hydrogen) atoms. The first-order valence-corrected chi connectivity index (χ1v) is 11.1. The third-order valence-electron chi connectivity index (χ3n) is 5.50. The summed E-state index contributed by atoms with van der Waals surface area (Å²) in [4.78, 5) is 17.0. The predicted octanol–water partition coefficient (Wildman–Crippen LogP) is 3.15. The summed E-state index contributed by atoms with van der Waals surface area (Å²) in [6.07, 6.45) is 2.99. The van der Waals surface area contributed by atoms with Crippen LogP contribution < -0.4 is 10.2 Å². The fourth-order valence-electron chi connectivity index (χ4n) is 3.65. The number of piperazine rings is 1. The second-order valence-corrected chi connectivity index (χ2v) is 8.41. The van der Waals surface area contributed by atoms with Crippen LogP contribution in [-0.2, 0) is 11.2 Å². The monoisotopic (exact) mass is 413 g/mol. The van der Waals surface area contributed by atoms with E-state index in [9.17, 15) is 4.79 Å². The molecule has 1 aliphatic rings. The Balaban J connectivity index is 1.24. The molecular formula is C23H35N5O2. The Morgan fingerprint density at radius 3 is 2.67 bits per heavy atom. The number of rotatable bonds is 10. The molecule has 7 heteroatoms. The van der Waals surface area contributed by atoms with Crippen molar-refractivity contribution in [1.82, 2.24) is 20.4 Å². The molecule has 0 saturated carbocycles. The summed E-state index contributed by atoms with van der Waals surface area (Å²) in [5.41, 5.74) is 2.65. The highest BCUT2D eigenvalue weighted by Gasteiger charge is 2.17. The van der Waals surface area contributed by atoms with E-state index in [-0.39, 0.29) is 11.8 Å². The molecule has 1 aromatic heterocycles. The molecule has 2 aromatic rings. The second-order valence-electron chi connectivity index (χ2n) is 8.41. The molecule has 0 bridgehead atoms. The molecule has 1 amide bonds. The maximum atomic E-state index is 12.0. The van der Waals surface area contributed by atoms with Crippen LogP contribution in [0.5, 0.6) is 0 Å². The van der Waals surface area contributed by atoms with Crippen LogP contribution in [0.3, 0.4) is 0 Å². The van der Waals surface area contributed by atoms with Crippen LogP contribution in [0.25, 0.3) is 0 Å². The van der Waals surface area contributed by atoms with E-state index in [1.54, 1.807) is 0 Å². The average molecular weight is 414 g/mol. The van der Waals surface area contributed by atoms with Crippen molar-refractivity contribution in [2.45, 2.75) is 52.4 Å². The second kappa shape index (κ2) is 11.1. The molecule has 7 nitrogen and oxygen atoms in total. The Kier molecular flexibility index (Phi) is 8.25. The Morgan fingerprint density at radius 1 is 1.17 bits per heavy atom. The summed E-state index contributed by atoms with van der Waals surface area (Å²) < 4.78 is 5.54. The molecule has 1 fully saturated rings. The number of unbranched alkanes of at least 4 members (excludes halogenated alkanes) is 1. The van der Waals surface area contributed by atoms with Crippen LogP contribution in [0, 0.1) is 6.92 Å². The van der Waals surface area contributed by atoms with Gasteiger partial charge in [-0.2, -0.15) is 0 Å². The molecule has 3 rings (SSSR count). The third kappa shape index (κ3) is 6.83. The van der Waals surface area contributed by atoms with Crippen molar-refractivity contribution in [2.24, 2.45) is 0 Å². The minimum absolute atomic E-state index is 0.0473. The first kappa shape index (κ1) is 22.3. The van der Waals surface area contributed by atoms with Gasteiger partial charge in [0.25, 0.3) is 0 Å². The Hall–Kier alpha value is -2.41. The van der Waals surface area contributed by atoms with Gasteiger partial charge in [0.05, 0.1) is 0 Å². The molecule has 1 saturated heterocycles. The number of carbonyl (C=O) groups excluding carboxylic acids is 1. The number of carbonyl (C=O) groups is 1. The minimum atomic E-state index is 0.0473. The number of nitrogens with zero attached hydrogens (tertiary/aromatic N) is 4. The average Bonchev–Trinajstić information content (AvgIpc) is 3.22. The molecule has 0 radical (unpaired) electrons. The van der Waals surface area contributed by atoms with E-state index in [4.69, 9.17) is 4.42 Å². The summed E-state index contributed by atoms with van der Waals surface area (Å²) in [6.45, 7) is 12.3. The van der Waals surface area contributed by atoms with E-state index in [0.717, 1.165) is 52.1 Å². The Morgan fingerprint density at radius 2 is 1.97 bits per heavy atom. The molecule has 1 aromatic carbocycles. The summed E-state index contributed by atoms with van der Waals surface area (Å²) >= 11 is 0. The van der Waals surface area contributed by atoms with Crippen molar-refractivity contribution in [2.75, 3.05) is 44.2 Å². The van der Waals surface area contributed by atoms with Crippen molar-refractivity contribution in [3.05, 3.63) is 41.6 Å². The highest BCUT2D eigenvalue weighted by atomic mass is 16.4. The van der Waals surface area contributed by atoms with E-state index < -0.39 is 0 Å². The number of nitrogens with one attached hydrogen (secondary N) is 1. The number of hydrogen-bond acceptors (Lipinski definition) is 6. The Bertz CT molecular complexity index is 796. The van der Waals surface area contributed by atoms with E-state index in [2.05, 4.69) is 56.5 Å². The smallest absolute Gasteiger partial charge is 0.220 e. The van der Waals surface area contributed by atoms with Crippen molar-refractivity contribution in [3.63, 3.8) is 0 Å². The molecule has 1 aliphatic heterocycles. The standard InChI is InChI=1S/C23H35N5O2/c1-18(2)23-26-25-22(30-23)10-9-21(29)24-11-4-5-12-27-13-15-28(16-14-27)20-8-6-7-19(3)17-20/h6-8,17-18H,4-5,9-16H2,1-3H3,(H,24,29). The lowest BCUT2D eigenvalue weighted by molar-refractivity contribution is -0.121. The molecule has 0 aliphatic carbocycles. The number of aromatic nitrogens is 2. The van der Waals surface area contributed by atoms with Crippen LogP contribution in [0.15, 0.2) is 28.7 Å². The summed E-state index contributed by atoms with van der Waals surface area (Å²) in [5.74, 6) is 1.43. The number of benzene rings is 1. The lowest BCUT2D eigenvalue weighted by Gasteiger charge is -2.36. The van der Waals surface area contributed by atoms with E-state index in [1.807, 2.05) is 13.8 Å². The molecule has 0 atom stereocenters. The van der Waals surface area contributed by atoms with E-state index >= 15 is 0 Å². The van der Waals surface area contributed by atoms with Gasteiger partial charge in [-0.3, -0.25) is 9.69 Å².